The summed E-state index contributed by atoms with van der Waals surface area (Å²) >= 11 is 0. The summed E-state index contributed by atoms with van der Waals surface area (Å²) in [5, 5.41) is 13.0. The third kappa shape index (κ3) is 5.18. The van der Waals surface area contributed by atoms with E-state index in [0.717, 1.165) is 29.6 Å². The minimum Gasteiger partial charge on any atom is -0.461 e. The summed E-state index contributed by atoms with van der Waals surface area (Å²) in [6, 6.07) is 9.93. The van der Waals surface area contributed by atoms with Crippen LogP contribution in [0.4, 0.5) is 0 Å². The van der Waals surface area contributed by atoms with Crippen molar-refractivity contribution in [1.82, 2.24) is 5.32 Å². The Morgan fingerprint density at radius 1 is 1.28 bits per heavy atom. The van der Waals surface area contributed by atoms with Crippen LogP contribution >= 0.6 is 0 Å². The number of nitrogens with one attached hydrogen (secondary N) is 1. The minimum atomic E-state index is -0.918. The summed E-state index contributed by atoms with van der Waals surface area (Å²) in [7, 11) is 0. The summed E-state index contributed by atoms with van der Waals surface area (Å²) in [5.41, 5.74) is 2.93. The number of carbonyl (C=O) groups is 1. The molecule has 1 aromatic carbocycles. The van der Waals surface area contributed by atoms with Crippen LogP contribution in [0.15, 0.2) is 53.3 Å². The maximum atomic E-state index is 12.1. The lowest BCUT2D eigenvalue weighted by Crippen LogP contribution is -2.38. The summed E-state index contributed by atoms with van der Waals surface area (Å²) in [5.74, 6) is -0.455. The second kappa shape index (κ2) is 9.39. The van der Waals surface area contributed by atoms with Gasteiger partial charge >= 0.3 is 5.97 Å². The molecule has 2 atom stereocenters. The fourth-order valence-corrected chi connectivity index (χ4v) is 2.66. The summed E-state index contributed by atoms with van der Waals surface area (Å²) in [4.78, 5) is 12.1. The normalized spacial score (nSPS) is 18.4. The van der Waals surface area contributed by atoms with Gasteiger partial charge in [0.2, 0.25) is 0 Å². The van der Waals surface area contributed by atoms with Crippen molar-refractivity contribution < 1.29 is 19.4 Å². The highest BCUT2D eigenvalue weighted by molar-refractivity contribution is 5.89. The molecule has 2 N–H and O–H groups in total. The van der Waals surface area contributed by atoms with E-state index in [-0.39, 0.29) is 11.8 Å². The predicted octanol–water partition coefficient (Wildman–Crippen LogP) is 3.06. The van der Waals surface area contributed by atoms with Crippen LogP contribution in [0.2, 0.25) is 0 Å². The van der Waals surface area contributed by atoms with Crippen LogP contribution in [0.25, 0.3) is 0 Å². The zero-order valence-corrected chi connectivity index (χ0v) is 15.1. The highest BCUT2D eigenvalue weighted by Crippen LogP contribution is 2.25. The van der Waals surface area contributed by atoms with Crippen LogP contribution in [0.5, 0.6) is 0 Å². The zero-order chi connectivity index (χ0) is 18.2. The number of rotatable bonds is 8. The second-order valence-electron chi connectivity index (χ2n) is 6.07. The number of ether oxygens (including phenoxy) is 2. The number of esters is 1. The Kier molecular flexibility index (Phi) is 7.22. The lowest BCUT2D eigenvalue weighted by atomic mass is 9.96. The fourth-order valence-electron chi connectivity index (χ4n) is 2.66. The van der Waals surface area contributed by atoms with Gasteiger partial charge in [-0.25, -0.2) is 4.79 Å². The van der Waals surface area contributed by atoms with Gasteiger partial charge in [0.15, 0.2) is 0 Å². The molecule has 0 aromatic heterocycles. The zero-order valence-electron chi connectivity index (χ0n) is 15.1. The number of aliphatic hydroxyl groups is 1. The van der Waals surface area contributed by atoms with Gasteiger partial charge in [-0.1, -0.05) is 44.2 Å². The molecule has 5 nitrogen and oxygen atoms in total. The molecule has 0 amide bonds. The van der Waals surface area contributed by atoms with E-state index in [1.807, 2.05) is 51.1 Å². The van der Waals surface area contributed by atoms with Crippen LogP contribution < -0.4 is 5.32 Å². The van der Waals surface area contributed by atoms with Gasteiger partial charge in [-0.3, -0.25) is 0 Å². The van der Waals surface area contributed by atoms with Crippen molar-refractivity contribution in [2.45, 2.75) is 52.6 Å². The molecule has 1 aliphatic heterocycles. The molecule has 0 bridgehead atoms. The lowest BCUT2D eigenvalue weighted by Gasteiger charge is -2.28. The van der Waals surface area contributed by atoms with E-state index in [1.54, 1.807) is 6.08 Å². The maximum absolute atomic E-state index is 12.1. The summed E-state index contributed by atoms with van der Waals surface area (Å²) in [6.07, 6.45) is 2.10. The minimum absolute atomic E-state index is 0.203. The van der Waals surface area contributed by atoms with E-state index in [9.17, 15) is 9.90 Å². The Bertz CT molecular complexity index is 636. The van der Waals surface area contributed by atoms with Crippen LogP contribution in [0.3, 0.4) is 0 Å². The molecule has 2 rings (SSSR count). The molecule has 25 heavy (non-hydrogen) atoms. The van der Waals surface area contributed by atoms with E-state index in [2.05, 4.69) is 5.32 Å². The largest absolute Gasteiger partial charge is 0.461 e. The number of aliphatic hydroxyl groups excluding tert-OH is 1. The smallest absolute Gasteiger partial charge is 0.354 e. The Labute approximate surface area is 149 Å². The van der Waals surface area contributed by atoms with E-state index in [1.165, 1.54) is 0 Å². The molecule has 2 unspecified atom stereocenters. The third-order valence-corrected chi connectivity index (χ3v) is 4.13. The van der Waals surface area contributed by atoms with Crippen LogP contribution in [0, 0.1) is 0 Å². The molecule has 0 radical (unpaired) electrons. The number of hydrogen-bond donors (Lipinski definition) is 2. The number of carbonyl (C=O) groups excluding carboxylic acids is 1. The highest BCUT2D eigenvalue weighted by Gasteiger charge is 2.26. The van der Waals surface area contributed by atoms with Crippen molar-refractivity contribution in [3.63, 3.8) is 0 Å². The molecule has 0 saturated carbocycles. The predicted molar refractivity (Wildman–Crippen MR) is 96.5 cm³/mol. The van der Waals surface area contributed by atoms with Crippen molar-refractivity contribution in [3.05, 3.63) is 58.8 Å². The van der Waals surface area contributed by atoms with Gasteiger partial charge < -0.3 is 19.9 Å². The maximum Gasteiger partial charge on any atom is 0.354 e. The van der Waals surface area contributed by atoms with Gasteiger partial charge in [-0.05, 0) is 42.6 Å². The first kappa shape index (κ1) is 19.2. The number of benzene rings is 1. The fraction of sp³-hybridized carbons (Fsp3) is 0.450. The van der Waals surface area contributed by atoms with Gasteiger partial charge in [0.05, 0.1) is 19.3 Å². The molecule has 0 spiro atoms. The monoisotopic (exact) mass is 345 g/mol. The number of hydrogen-bond acceptors (Lipinski definition) is 5. The first-order chi connectivity index (χ1) is 12.1. The van der Waals surface area contributed by atoms with Crippen molar-refractivity contribution in [3.8, 4) is 0 Å². The molecular formula is C20H27NO4. The number of dihydropyridines is 1. The molecular weight excluding hydrogens is 318 g/mol. The topological polar surface area (TPSA) is 67.8 Å². The molecule has 5 heteroatoms. The van der Waals surface area contributed by atoms with Gasteiger partial charge in [0.1, 0.15) is 11.9 Å². The molecule has 0 aliphatic carbocycles. The van der Waals surface area contributed by atoms with Crippen molar-refractivity contribution in [2.75, 3.05) is 6.61 Å². The van der Waals surface area contributed by atoms with Crippen LogP contribution in [-0.4, -0.2) is 30.0 Å². The average Bonchev–Trinajstić information content (AvgIpc) is 2.64. The first-order valence-corrected chi connectivity index (χ1v) is 8.76. The quantitative estimate of drug-likeness (QED) is 0.709. The van der Waals surface area contributed by atoms with Crippen LogP contribution in [-0.2, 0) is 20.9 Å². The van der Waals surface area contributed by atoms with Gasteiger partial charge in [0.25, 0.3) is 0 Å². The molecule has 1 aliphatic rings. The Morgan fingerprint density at radius 2 is 2.00 bits per heavy atom. The third-order valence-electron chi connectivity index (χ3n) is 4.13. The van der Waals surface area contributed by atoms with Crippen molar-refractivity contribution >= 4 is 5.97 Å². The molecule has 0 fully saturated rings. The van der Waals surface area contributed by atoms with E-state index in [0.29, 0.717) is 13.2 Å². The van der Waals surface area contributed by atoms with Crippen LogP contribution in [0.1, 0.15) is 39.2 Å². The first-order valence-electron chi connectivity index (χ1n) is 8.76. The highest BCUT2D eigenvalue weighted by atomic mass is 16.5. The average molecular weight is 345 g/mol. The lowest BCUT2D eigenvalue weighted by molar-refractivity contribution is -0.139. The molecule has 1 aromatic rings. The molecule has 1 heterocycles. The Balaban J connectivity index is 2.15. The SMILES string of the molecule is CCCOC(=O)C1=CC(C(CC)OCc2ccccc2)=C(C)C(O)N1. The Hall–Kier alpha value is -2.11. The molecule has 0 saturated heterocycles. The second-order valence-corrected chi connectivity index (χ2v) is 6.07. The Morgan fingerprint density at radius 3 is 2.64 bits per heavy atom. The van der Waals surface area contributed by atoms with E-state index in [4.69, 9.17) is 9.47 Å². The van der Waals surface area contributed by atoms with Gasteiger partial charge in [-0.2, -0.15) is 0 Å². The summed E-state index contributed by atoms with van der Waals surface area (Å²) in [6.45, 7) is 6.63. The van der Waals surface area contributed by atoms with E-state index < -0.39 is 12.2 Å². The van der Waals surface area contributed by atoms with Gasteiger partial charge in [0, 0.05) is 0 Å². The summed E-state index contributed by atoms with van der Waals surface area (Å²) < 4.78 is 11.2. The standard InChI is InChI=1S/C20H27NO4/c1-4-11-24-20(23)17-12-16(14(3)19(22)21-17)18(5-2)25-13-15-9-7-6-8-10-15/h6-10,12,18-19,21-22H,4-5,11,13H2,1-3H3. The van der Waals surface area contributed by atoms with Crippen molar-refractivity contribution in [1.29, 1.82) is 0 Å². The van der Waals surface area contributed by atoms with Crippen molar-refractivity contribution in [2.24, 2.45) is 0 Å². The molecule has 136 valence electrons. The van der Waals surface area contributed by atoms with E-state index >= 15 is 0 Å². The van der Waals surface area contributed by atoms with Gasteiger partial charge in [-0.15, -0.1) is 0 Å².